The van der Waals surface area contributed by atoms with E-state index in [9.17, 15) is 0 Å². The molecule has 0 radical (unpaired) electrons. The van der Waals surface area contributed by atoms with Gasteiger partial charge in [0.15, 0.2) is 0 Å². The first-order chi connectivity index (χ1) is 10.8. The third-order valence-electron chi connectivity index (χ3n) is 3.58. The molecule has 4 heteroatoms. The van der Waals surface area contributed by atoms with Crippen LogP contribution in [0.4, 0.5) is 0 Å². The van der Waals surface area contributed by atoms with Gasteiger partial charge < -0.3 is 10.1 Å². The Morgan fingerprint density at radius 1 is 0.955 bits per heavy atom. The Morgan fingerprint density at radius 3 is 2.18 bits per heavy atom. The van der Waals surface area contributed by atoms with E-state index in [1.807, 2.05) is 12.1 Å². The van der Waals surface area contributed by atoms with Crippen LogP contribution in [0.15, 0.2) is 58.0 Å². The maximum Gasteiger partial charge on any atom is 0.128 e. The van der Waals surface area contributed by atoms with Crippen molar-refractivity contribution in [2.45, 2.75) is 19.6 Å². The van der Waals surface area contributed by atoms with Gasteiger partial charge in [-0.05, 0) is 29.7 Å². The zero-order chi connectivity index (χ0) is 15.2. The first-order valence-corrected chi connectivity index (χ1v) is 8.30. The summed E-state index contributed by atoms with van der Waals surface area (Å²) in [4.78, 5) is 4.51. The van der Waals surface area contributed by atoms with E-state index >= 15 is 0 Å². The molecular weight excluding hydrogens is 340 g/mol. The highest BCUT2D eigenvalue weighted by molar-refractivity contribution is 9.10. The van der Waals surface area contributed by atoms with Crippen LogP contribution in [0.25, 0.3) is 0 Å². The van der Waals surface area contributed by atoms with Crippen LogP contribution in [-0.4, -0.2) is 18.9 Å². The molecule has 22 heavy (non-hydrogen) atoms. The number of rotatable bonds is 5. The van der Waals surface area contributed by atoms with Crippen LogP contribution in [0.5, 0.6) is 0 Å². The molecule has 2 aromatic rings. The van der Waals surface area contributed by atoms with Gasteiger partial charge >= 0.3 is 0 Å². The predicted molar refractivity (Wildman–Crippen MR) is 93.1 cm³/mol. The number of aliphatic imine (C=N–C) groups is 1. The fraction of sp³-hybridized carbons (Fsp3) is 0.278. The third kappa shape index (κ3) is 4.18. The van der Waals surface area contributed by atoms with E-state index in [1.165, 1.54) is 11.1 Å². The summed E-state index contributed by atoms with van der Waals surface area (Å²) in [5.74, 6) is 1.01. The average molecular weight is 359 g/mol. The van der Waals surface area contributed by atoms with Gasteiger partial charge in [-0.3, -0.25) is 4.99 Å². The van der Waals surface area contributed by atoms with Crippen molar-refractivity contribution in [2.24, 2.45) is 4.99 Å². The molecule has 0 bridgehead atoms. The molecule has 3 rings (SSSR count). The van der Waals surface area contributed by atoms with Crippen LogP contribution < -0.4 is 5.32 Å². The first kappa shape index (κ1) is 15.3. The van der Waals surface area contributed by atoms with E-state index in [0.29, 0.717) is 13.2 Å². The van der Waals surface area contributed by atoms with Gasteiger partial charge in [-0.15, -0.1) is 0 Å². The normalized spacial score (nSPS) is 14.3. The molecule has 0 aliphatic carbocycles. The number of ether oxygens (including phenoxy) is 1. The molecule has 1 heterocycles. The van der Waals surface area contributed by atoms with Gasteiger partial charge in [-0.25, -0.2) is 0 Å². The van der Waals surface area contributed by atoms with Crippen molar-refractivity contribution in [3.8, 4) is 0 Å². The van der Waals surface area contributed by atoms with Crippen LogP contribution in [0.3, 0.4) is 0 Å². The van der Waals surface area contributed by atoms with Gasteiger partial charge in [0.25, 0.3) is 0 Å². The van der Waals surface area contributed by atoms with E-state index < -0.39 is 0 Å². The largest absolute Gasteiger partial charge is 0.372 e. The van der Waals surface area contributed by atoms with E-state index in [1.54, 1.807) is 0 Å². The molecule has 2 aromatic carbocycles. The number of hydrogen-bond donors (Lipinski definition) is 1. The van der Waals surface area contributed by atoms with Gasteiger partial charge in [-0.1, -0.05) is 52.3 Å². The lowest BCUT2D eigenvalue weighted by Crippen LogP contribution is -2.30. The van der Waals surface area contributed by atoms with Crippen molar-refractivity contribution in [3.05, 3.63) is 69.7 Å². The molecule has 0 spiro atoms. The zero-order valence-corrected chi connectivity index (χ0v) is 14.0. The summed E-state index contributed by atoms with van der Waals surface area (Å²) in [6, 6.07) is 16.6. The van der Waals surface area contributed by atoms with E-state index in [0.717, 1.165) is 35.4 Å². The molecule has 1 N–H and O–H groups in total. The summed E-state index contributed by atoms with van der Waals surface area (Å²) in [6.45, 7) is 3.18. The van der Waals surface area contributed by atoms with Gasteiger partial charge in [0, 0.05) is 23.1 Å². The van der Waals surface area contributed by atoms with Gasteiger partial charge in [0.2, 0.25) is 0 Å². The number of hydrogen-bond acceptors (Lipinski definition) is 3. The van der Waals surface area contributed by atoms with Crippen molar-refractivity contribution >= 4 is 21.8 Å². The minimum Gasteiger partial charge on any atom is -0.372 e. The summed E-state index contributed by atoms with van der Waals surface area (Å²) in [7, 11) is 0. The van der Waals surface area contributed by atoms with Gasteiger partial charge in [-0.2, -0.15) is 0 Å². The monoisotopic (exact) mass is 358 g/mol. The third-order valence-corrected chi connectivity index (χ3v) is 4.10. The van der Waals surface area contributed by atoms with Crippen LogP contribution >= 0.6 is 15.9 Å². The fourth-order valence-corrected chi connectivity index (χ4v) is 2.62. The lowest BCUT2D eigenvalue weighted by Gasteiger charge is -2.14. The average Bonchev–Trinajstić information content (AvgIpc) is 2.58. The molecular formula is C18H19BrN2O. The van der Waals surface area contributed by atoms with Crippen molar-refractivity contribution in [3.63, 3.8) is 0 Å². The van der Waals surface area contributed by atoms with Gasteiger partial charge in [0.1, 0.15) is 5.84 Å². The number of nitrogens with one attached hydrogen (secondary N) is 1. The Kier molecular flexibility index (Phi) is 5.24. The van der Waals surface area contributed by atoms with Crippen LogP contribution in [0, 0.1) is 0 Å². The maximum absolute atomic E-state index is 5.77. The van der Waals surface area contributed by atoms with E-state index in [4.69, 9.17) is 4.74 Å². The van der Waals surface area contributed by atoms with E-state index in [-0.39, 0.29) is 0 Å². The second kappa shape index (κ2) is 7.56. The molecule has 0 aromatic heterocycles. The van der Waals surface area contributed by atoms with Crippen molar-refractivity contribution < 1.29 is 4.74 Å². The van der Waals surface area contributed by atoms with Crippen molar-refractivity contribution in [1.29, 1.82) is 0 Å². The molecule has 114 valence electrons. The Balaban J connectivity index is 1.52. The quantitative estimate of drug-likeness (QED) is 0.878. The standard InChI is InChI=1S/C18H19BrN2O/c19-17-8-4-15(5-9-17)13-22-12-14-2-6-16(7-3-14)18-20-10-1-11-21-18/h2-9H,1,10-13H2,(H,20,21). The van der Waals surface area contributed by atoms with Crippen molar-refractivity contribution in [2.75, 3.05) is 13.1 Å². The van der Waals surface area contributed by atoms with Crippen LogP contribution in [0.1, 0.15) is 23.1 Å². The molecule has 0 amide bonds. The molecule has 1 aliphatic rings. The topological polar surface area (TPSA) is 33.6 Å². The smallest absolute Gasteiger partial charge is 0.128 e. The highest BCUT2D eigenvalue weighted by Crippen LogP contribution is 2.13. The second-order valence-corrected chi connectivity index (χ2v) is 6.24. The predicted octanol–water partition coefficient (Wildman–Crippen LogP) is 3.91. The fourth-order valence-electron chi connectivity index (χ4n) is 2.35. The van der Waals surface area contributed by atoms with E-state index in [2.05, 4.69) is 62.6 Å². The Hall–Kier alpha value is -1.65. The molecule has 0 saturated carbocycles. The molecule has 0 unspecified atom stereocenters. The highest BCUT2D eigenvalue weighted by Gasteiger charge is 2.06. The molecule has 0 saturated heterocycles. The highest BCUT2D eigenvalue weighted by atomic mass is 79.9. The Bertz CT molecular complexity index is 635. The lowest BCUT2D eigenvalue weighted by molar-refractivity contribution is 0.107. The summed E-state index contributed by atoms with van der Waals surface area (Å²) >= 11 is 3.43. The van der Waals surface area contributed by atoms with Crippen LogP contribution in [0.2, 0.25) is 0 Å². The number of halogens is 1. The summed E-state index contributed by atoms with van der Waals surface area (Å²) in [6.07, 6.45) is 1.12. The molecule has 0 fully saturated rings. The zero-order valence-electron chi connectivity index (χ0n) is 12.4. The lowest BCUT2D eigenvalue weighted by atomic mass is 10.1. The molecule has 0 atom stereocenters. The Labute approximate surface area is 139 Å². The summed E-state index contributed by atoms with van der Waals surface area (Å²) in [5, 5.41) is 3.34. The van der Waals surface area contributed by atoms with Crippen molar-refractivity contribution in [1.82, 2.24) is 5.32 Å². The maximum atomic E-state index is 5.77. The number of benzene rings is 2. The molecule has 1 aliphatic heterocycles. The first-order valence-electron chi connectivity index (χ1n) is 7.51. The summed E-state index contributed by atoms with van der Waals surface area (Å²) < 4.78 is 6.86. The summed E-state index contributed by atoms with van der Waals surface area (Å²) in [5.41, 5.74) is 3.51. The van der Waals surface area contributed by atoms with Gasteiger partial charge in [0.05, 0.1) is 13.2 Å². The number of amidine groups is 1. The minimum atomic E-state index is 0.621. The number of nitrogens with zero attached hydrogens (tertiary/aromatic N) is 1. The SMILES string of the molecule is Brc1ccc(COCc2ccc(C3=NCCCN3)cc2)cc1. The molecule has 3 nitrogen and oxygen atoms in total. The minimum absolute atomic E-state index is 0.621. The van der Waals surface area contributed by atoms with Crippen LogP contribution in [-0.2, 0) is 18.0 Å². The second-order valence-electron chi connectivity index (χ2n) is 5.33. The Morgan fingerprint density at radius 2 is 1.59 bits per heavy atom.